The van der Waals surface area contributed by atoms with Gasteiger partial charge in [-0.15, -0.1) is 0 Å². The zero-order valence-corrected chi connectivity index (χ0v) is 18.4. The van der Waals surface area contributed by atoms with Crippen LogP contribution in [-0.4, -0.2) is 18.8 Å². The number of halogens is 1. The number of sulfonamides is 1. The van der Waals surface area contributed by atoms with Gasteiger partial charge in [0.2, 0.25) is 10.0 Å². The molecule has 0 saturated heterocycles. The number of Topliss-reactive ketones (excluding diaryl/α,β-unsaturated/α-hetero) is 1. The van der Waals surface area contributed by atoms with Crippen LogP contribution < -0.4 is 5.14 Å². The normalized spacial score (nSPS) is 14.1. The van der Waals surface area contributed by atoms with Crippen LogP contribution in [0.4, 0.5) is 0 Å². The van der Waals surface area contributed by atoms with Crippen LogP contribution in [0.25, 0.3) is 22.4 Å². The zero-order valence-electron chi connectivity index (χ0n) is 16.9. The van der Waals surface area contributed by atoms with Crippen molar-refractivity contribution >= 4 is 27.4 Å². The van der Waals surface area contributed by atoms with E-state index in [1.54, 1.807) is 12.1 Å². The third kappa shape index (κ3) is 3.95. The third-order valence-corrected chi connectivity index (χ3v) is 6.84. The Labute approximate surface area is 181 Å². The third-order valence-electron chi connectivity index (χ3n) is 5.66. The molecule has 30 heavy (non-hydrogen) atoms. The van der Waals surface area contributed by atoms with Crippen LogP contribution in [0.3, 0.4) is 0 Å². The Morgan fingerprint density at radius 3 is 2.17 bits per heavy atom. The fourth-order valence-corrected chi connectivity index (χ4v) is 4.66. The molecule has 0 amide bonds. The maximum absolute atomic E-state index is 13.2. The van der Waals surface area contributed by atoms with Gasteiger partial charge < -0.3 is 4.57 Å². The first kappa shape index (κ1) is 20.8. The number of hydrogen-bond acceptors (Lipinski definition) is 3. The largest absolute Gasteiger partial charge is 0.340 e. The molecule has 1 aliphatic rings. The van der Waals surface area contributed by atoms with Gasteiger partial charge in [0.05, 0.1) is 16.3 Å². The first-order valence-corrected chi connectivity index (χ1v) is 11.7. The Kier molecular flexibility index (Phi) is 5.34. The van der Waals surface area contributed by atoms with E-state index in [9.17, 15) is 13.2 Å². The molecule has 0 spiro atoms. The molecule has 0 aliphatic heterocycles. The van der Waals surface area contributed by atoms with Crippen molar-refractivity contribution in [2.45, 2.75) is 31.1 Å². The highest BCUT2D eigenvalue weighted by molar-refractivity contribution is 7.89. The molecule has 1 heterocycles. The summed E-state index contributed by atoms with van der Waals surface area (Å²) in [5.74, 6) is 0.568. The van der Waals surface area contributed by atoms with Gasteiger partial charge in [-0.25, -0.2) is 13.6 Å². The molecule has 2 N–H and O–H groups in total. The van der Waals surface area contributed by atoms with Gasteiger partial charge >= 0.3 is 0 Å². The van der Waals surface area contributed by atoms with E-state index >= 15 is 0 Å². The lowest BCUT2D eigenvalue weighted by atomic mass is 9.96. The number of carbonyl (C=O) groups is 1. The SMILES string of the molecule is Cc1c(-c2ccc(S(N)(=O)=O)cc2)c(C(=O)CC2CC2)n(C)c1-c1ccc(Cl)cc1. The standard InChI is InChI=1S/C23H23ClN2O3S/c1-14-21(16-7-11-19(12-8-16)30(25,28)29)23(20(27)13-15-3-4-15)26(2)22(14)17-5-9-18(24)10-6-17/h5-12,15H,3-4,13H2,1-2H3,(H2,25,28,29). The van der Waals surface area contributed by atoms with Crippen molar-refractivity contribution in [3.05, 3.63) is 64.8 Å². The van der Waals surface area contributed by atoms with Crippen molar-refractivity contribution in [1.82, 2.24) is 4.57 Å². The second-order valence-electron chi connectivity index (χ2n) is 7.90. The van der Waals surface area contributed by atoms with Gasteiger partial charge in [-0.2, -0.15) is 0 Å². The average Bonchev–Trinajstić information content (AvgIpc) is 3.46. The number of carbonyl (C=O) groups excluding carboxylic acids is 1. The lowest BCUT2D eigenvalue weighted by molar-refractivity contribution is 0.0969. The second kappa shape index (κ2) is 7.69. The first-order chi connectivity index (χ1) is 14.2. The molecule has 3 aromatic rings. The highest BCUT2D eigenvalue weighted by Gasteiger charge is 2.30. The van der Waals surface area contributed by atoms with Crippen LogP contribution in [0.2, 0.25) is 5.02 Å². The van der Waals surface area contributed by atoms with Gasteiger partial charge in [0.25, 0.3) is 0 Å². The molecule has 4 rings (SSSR count). The number of aromatic nitrogens is 1. The van der Waals surface area contributed by atoms with Crippen molar-refractivity contribution in [3.63, 3.8) is 0 Å². The summed E-state index contributed by atoms with van der Waals surface area (Å²) in [7, 11) is -1.88. The van der Waals surface area contributed by atoms with Crippen LogP contribution in [0.15, 0.2) is 53.4 Å². The molecule has 0 radical (unpaired) electrons. The average molecular weight is 443 g/mol. The minimum Gasteiger partial charge on any atom is -0.340 e. The summed E-state index contributed by atoms with van der Waals surface area (Å²) in [6.07, 6.45) is 2.72. The van der Waals surface area contributed by atoms with Crippen molar-refractivity contribution in [3.8, 4) is 22.4 Å². The van der Waals surface area contributed by atoms with Gasteiger partial charge in [-0.3, -0.25) is 4.79 Å². The maximum atomic E-state index is 13.2. The number of ketones is 1. The summed E-state index contributed by atoms with van der Waals surface area (Å²) in [6.45, 7) is 1.99. The molecule has 0 atom stereocenters. The van der Waals surface area contributed by atoms with E-state index in [-0.39, 0.29) is 10.7 Å². The van der Waals surface area contributed by atoms with E-state index in [1.807, 2.05) is 42.8 Å². The van der Waals surface area contributed by atoms with E-state index in [0.29, 0.717) is 23.1 Å². The van der Waals surface area contributed by atoms with Gasteiger partial charge in [0.1, 0.15) is 0 Å². The van der Waals surface area contributed by atoms with Crippen LogP contribution in [0, 0.1) is 12.8 Å². The predicted molar refractivity (Wildman–Crippen MR) is 119 cm³/mol. The van der Waals surface area contributed by atoms with Gasteiger partial charge in [0, 0.05) is 24.1 Å². The molecule has 5 nitrogen and oxygen atoms in total. The van der Waals surface area contributed by atoms with E-state index < -0.39 is 10.0 Å². The Hall–Kier alpha value is -2.41. The summed E-state index contributed by atoms with van der Waals surface area (Å²) >= 11 is 6.06. The Morgan fingerprint density at radius 1 is 1.07 bits per heavy atom. The summed E-state index contributed by atoms with van der Waals surface area (Å²) < 4.78 is 25.2. The van der Waals surface area contributed by atoms with Crippen LogP contribution >= 0.6 is 11.6 Å². The Balaban J connectivity index is 1.90. The molecule has 1 saturated carbocycles. The van der Waals surface area contributed by atoms with Gasteiger partial charge in [-0.05, 0) is 66.6 Å². The highest BCUT2D eigenvalue weighted by atomic mass is 35.5. The minimum atomic E-state index is -3.78. The van der Waals surface area contributed by atoms with Gasteiger partial charge in [0.15, 0.2) is 5.78 Å². The fourth-order valence-electron chi connectivity index (χ4n) is 4.02. The molecule has 0 bridgehead atoms. The smallest absolute Gasteiger partial charge is 0.238 e. The quantitative estimate of drug-likeness (QED) is 0.548. The number of benzene rings is 2. The van der Waals surface area contributed by atoms with E-state index in [2.05, 4.69) is 0 Å². The number of rotatable bonds is 6. The van der Waals surface area contributed by atoms with Crippen molar-refractivity contribution < 1.29 is 13.2 Å². The summed E-state index contributed by atoms with van der Waals surface area (Å²) in [4.78, 5) is 13.3. The molecule has 0 unspecified atom stereocenters. The van der Waals surface area contributed by atoms with E-state index in [1.165, 1.54) is 12.1 Å². The fraction of sp³-hybridized carbons (Fsp3) is 0.261. The molecule has 1 aromatic heterocycles. The Morgan fingerprint density at radius 2 is 1.63 bits per heavy atom. The predicted octanol–water partition coefficient (Wildman–Crippen LogP) is 4.95. The number of nitrogens with zero attached hydrogens (tertiary/aromatic N) is 1. The maximum Gasteiger partial charge on any atom is 0.238 e. The zero-order chi connectivity index (χ0) is 21.6. The second-order valence-corrected chi connectivity index (χ2v) is 9.90. The van der Waals surface area contributed by atoms with E-state index in [0.717, 1.165) is 40.8 Å². The van der Waals surface area contributed by atoms with Gasteiger partial charge in [-0.1, -0.05) is 35.9 Å². The minimum absolute atomic E-state index is 0.0450. The van der Waals surface area contributed by atoms with E-state index in [4.69, 9.17) is 16.7 Å². The molecule has 1 fully saturated rings. The molecule has 7 heteroatoms. The van der Waals surface area contributed by atoms with Crippen LogP contribution in [-0.2, 0) is 17.1 Å². The molecular formula is C23H23ClN2O3S. The number of primary sulfonamides is 1. The van der Waals surface area contributed by atoms with Crippen LogP contribution in [0.5, 0.6) is 0 Å². The highest BCUT2D eigenvalue weighted by Crippen LogP contribution is 2.40. The summed E-state index contributed by atoms with van der Waals surface area (Å²) in [5.41, 5.74) is 5.13. The molecular weight excluding hydrogens is 420 g/mol. The monoisotopic (exact) mass is 442 g/mol. The lowest BCUT2D eigenvalue weighted by Crippen LogP contribution is -2.12. The first-order valence-electron chi connectivity index (χ1n) is 9.78. The number of nitrogens with two attached hydrogens (primary N) is 1. The number of hydrogen-bond donors (Lipinski definition) is 1. The lowest BCUT2D eigenvalue weighted by Gasteiger charge is -2.09. The Bertz CT molecular complexity index is 1220. The summed E-state index contributed by atoms with van der Waals surface area (Å²) in [6, 6.07) is 13.9. The summed E-state index contributed by atoms with van der Waals surface area (Å²) in [5, 5.41) is 5.88. The molecule has 156 valence electrons. The molecule has 2 aromatic carbocycles. The topological polar surface area (TPSA) is 82.2 Å². The van der Waals surface area contributed by atoms with Crippen LogP contribution in [0.1, 0.15) is 35.3 Å². The van der Waals surface area contributed by atoms with Crippen molar-refractivity contribution in [2.24, 2.45) is 18.1 Å². The molecule has 1 aliphatic carbocycles. The van der Waals surface area contributed by atoms with Crippen molar-refractivity contribution in [1.29, 1.82) is 0 Å². The van der Waals surface area contributed by atoms with Crippen molar-refractivity contribution in [2.75, 3.05) is 0 Å².